The van der Waals surface area contributed by atoms with E-state index >= 15 is 0 Å². The highest BCUT2D eigenvalue weighted by molar-refractivity contribution is 6.31. The first-order chi connectivity index (χ1) is 15.1. The second-order valence-corrected chi connectivity index (χ2v) is 10.4. The number of fused-ring (bicyclic) bond motifs is 3. The van der Waals surface area contributed by atoms with Crippen LogP contribution in [0.4, 0.5) is 10.2 Å². The molecule has 6 nitrogen and oxygen atoms in total. The van der Waals surface area contributed by atoms with E-state index in [2.05, 4.69) is 20.1 Å². The molecule has 166 valence electrons. The van der Waals surface area contributed by atoms with Gasteiger partial charge in [-0.1, -0.05) is 11.6 Å². The van der Waals surface area contributed by atoms with Crippen molar-refractivity contribution in [1.29, 1.82) is 0 Å². The van der Waals surface area contributed by atoms with E-state index in [-0.39, 0.29) is 11.4 Å². The smallest absolute Gasteiger partial charge is 0.319 e. The van der Waals surface area contributed by atoms with Crippen LogP contribution in [0.1, 0.15) is 38.5 Å². The van der Waals surface area contributed by atoms with Crippen LogP contribution in [-0.4, -0.2) is 66.3 Å². The van der Waals surface area contributed by atoms with E-state index in [9.17, 15) is 4.39 Å². The van der Waals surface area contributed by atoms with Gasteiger partial charge in [-0.15, -0.1) is 0 Å². The van der Waals surface area contributed by atoms with Gasteiger partial charge >= 0.3 is 6.01 Å². The average Bonchev–Trinajstić information content (AvgIpc) is 3.15. The molecule has 2 aromatic rings. The third-order valence-corrected chi connectivity index (χ3v) is 7.63. The van der Waals surface area contributed by atoms with Crippen molar-refractivity contribution in [3.63, 3.8) is 0 Å². The largest absolute Gasteiger partial charge is 0.463 e. The van der Waals surface area contributed by atoms with E-state index < -0.39 is 5.82 Å². The first-order valence-corrected chi connectivity index (χ1v) is 12.0. The van der Waals surface area contributed by atoms with E-state index in [0.717, 1.165) is 25.5 Å². The summed E-state index contributed by atoms with van der Waals surface area (Å²) < 4.78 is 21.0. The fourth-order valence-corrected chi connectivity index (χ4v) is 5.76. The number of ether oxygens (including phenoxy) is 1. The first kappa shape index (κ1) is 19.9. The summed E-state index contributed by atoms with van der Waals surface area (Å²) in [5, 5.41) is 4.67. The number of likely N-dealkylation sites (tertiary alicyclic amines) is 1. The minimum absolute atomic E-state index is 0.204. The minimum Gasteiger partial charge on any atom is -0.463 e. The SMILES string of the molecule is Fc1cc(Cl)cc2c(N3C[C@H]4CC[C@@H](C3)N4)nc(OCC3(CN4CCCC4)CC3)nc12. The molecule has 4 fully saturated rings. The standard InChI is InChI=1S/C23H29ClFN5O/c24-15-9-18-20(19(25)10-15)27-22(28-21(18)30-11-16-3-4-17(12-30)26-16)31-14-23(5-6-23)13-29-7-1-2-8-29/h9-10,16-17,26H,1-8,11-14H2/t16-,17+. The van der Waals surface area contributed by atoms with Crippen molar-refractivity contribution in [3.8, 4) is 6.01 Å². The Kier molecular flexibility index (Phi) is 4.96. The van der Waals surface area contributed by atoms with Crippen molar-refractivity contribution >= 4 is 28.3 Å². The van der Waals surface area contributed by atoms with Crippen LogP contribution < -0.4 is 15.0 Å². The highest BCUT2D eigenvalue weighted by atomic mass is 35.5. The molecule has 4 heterocycles. The van der Waals surface area contributed by atoms with Crippen molar-refractivity contribution in [2.75, 3.05) is 44.2 Å². The predicted molar refractivity (Wildman–Crippen MR) is 120 cm³/mol. The molecule has 6 rings (SSSR count). The molecular weight excluding hydrogens is 417 g/mol. The molecule has 1 aromatic carbocycles. The van der Waals surface area contributed by atoms with Gasteiger partial charge in [0.1, 0.15) is 11.3 Å². The van der Waals surface area contributed by atoms with Gasteiger partial charge in [0.15, 0.2) is 5.82 Å². The summed E-state index contributed by atoms with van der Waals surface area (Å²) in [6.45, 7) is 5.77. The van der Waals surface area contributed by atoms with E-state index in [1.54, 1.807) is 6.07 Å². The molecular formula is C23H29ClFN5O. The summed E-state index contributed by atoms with van der Waals surface area (Å²) in [7, 11) is 0. The van der Waals surface area contributed by atoms with Crippen LogP contribution in [0.5, 0.6) is 6.01 Å². The van der Waals surface area contributed by atoms with Crippen molar-refractivity contribution in [2.24, 2.45) is 5.41 Å². The van der Waals surface area contributed by atoms with Gasteiger partial charge in [-0.3, -0.25) is 0 Å². The molecule has 3 aliphatic heterocycles. The highest BCUT2D eigenvalue weighted by Crippen LogP contribution is 2.47. The number of aromatic nitrogens is 2. The number of benzene rings is 1. The lowest BCUT2D eigenvalue weighted by atomic mass is 10.1. The molecule has 4 aliphatic rings. The number of rotatable bonds is 6. The van der Waals surface area contributed by atoms with Gasteiger partial charge in [-0.25, -0.2) is 4.39 Å². The molecule has 1 N–H and O–H groups in total. The number of nitrogens with one attached hydrogen (secondary N) is 1. The predicted octanol–water partition coefficient (Wildman–Crippen LogP) is 3.62. The van der Waals surface area contributed by atoms with Gasteiger partial charge in [0.05, 0.1) is 6.61 Å². The van der Waals surface area contributed by atoms with Gasteiger partial charge < -0.3 is 19.9 Å². The van der Waals surface area contributed by atoms with E-state index in [0.29, 0.717) is 34.6 Å². The Morgan fingerprint density at radius 2 is 1.87 bits per heavy atom. The zero-order valence-electron chi connectivity index (χ0n) is 17.7. The van der Waals surface area contributed by atoms with Gasteiger partial charge in [0.25, 0.3) is 0 Å². The molecule has 2 atom stereocenters. The molecule has 8 heteroatoms. The summed E-state index contributed by atoms with van der Waals surface area (Å²) in [6.07, 6.45) is 7.28. The first-order valence-electron chi connectivity index (χ1n) is 11.6. The van der Waals surface area contributed by atoms with E-state index in [1.165, 1.54) is 57.7 Å². The topological polar surface area (TPSA) is 53.5 Å². The second kappa shape index (κ2) is 7.71. The number of hydrogen-bond acceptors (Lipinski definition) is 6. The number of piperazine rings is 1. The summed E-state index contributed by atoms with van der Waals surface area (Å²) in [5.74, 6) is 0.316. The van der Waals surface area contributed by atoms with Crippen LogP contribution in [0, 0.1) is 11.2 Å². The molecule has 2 bridgehead atoms. The lowest BCUT2D eigenvalue weighted by molar-refractivity contribution is 0.170. The molecule has 0 unspecified atom stereocenters. The summed E-state index contributed by atoms with van der Waals surface area (Å²) in [6, 6.07) is 4.28. The molecule has 0 spiro atoms. The maximum Gasteiger partial charge on any atom is 0.319 e. The van der Waals surface area contributed by atoms with Crippen LogP contribution in [0.2, 0.25) is 5.02 Å². The zero-order chi connectivity index (χ0) is 21.0. The highest BCUT2D eigenvalue weighted by Gasteiger charge is 2.45. The number of nitrogens with zero attached hydrogens (tertiary/aromatic N) is 4. The molecule has 31 heavy (non-hydrogen) atoms. The number of hydrogen-bond donors (Lipinski definition) is 1. The lowest BCUT2D eigenvalue weighted by Crippen LogP contribution is -2.51. The quantitative estimate of drug-likeness (QED) is 0.733. The normalized spacial score (nSPS) is 27.2. The fourth-order valence-electron chi connectivity index (χ4n) is 5.55. The number of halogens is 2. The molecule has 1 aromatic heterocycles. The van der Waals surface area contributed by atoms with E-state index in [4.69, 9.17) is 21.3 Å². The maximum atomic E-state index is 14.8. The summed E-state index contributed by atoms with van der Waals surface area (Å²) in [4.78, 5) is 14.1. The summed E-state index contributed by atoms with van der Waals surface area (Å²) in [5.41, 5.74) is 0.495. The lowest BCUT2D eigenvalue weighted by Gasteiger charge is -2.34. The number of anilines is 1. The molecule has 1 aliphatic carbocycles. The zero-order valence-corrected chi connectivity index (χ0v) is 18.5. The minimum atomic E-state index is -0.424. The van der Waals surface area contributed by atoms with Crippen LogP contribution in [0.25, 0.3) is 10.9 Å². The van der Waals surface area contributed by atoms with Gasteiger partial charge in [-0.2, -0.15) is 9.97 Å². The third kappa shape index (κ3) is 3.96. The molecule has 3 saturated heterocycles. The van der Waals surface area contributed by atoms with Crippen LogP contribution in [0.3, 0.4) is 0 Å². The molecule has 0 radical (unpaired) electrons. The maximum absolute atomic E-state index is 14.8. The average molecular weight is 446 g/mol. The molecule has 0 amide bonds. The third-order valence-electron chi connectivity index (χ3n) is 7.42. The Labute approximate surface area is 187 Å². The Balaban J connectivity index is 1.29. The van der Waals surface area contributed by atoms with Crippen molar-refractivity contribution < 1.29 is 9.13 Å². The van der Waals surface area contributed by atoms with Crippen molar-refractivity contribution in [2.45, 2.75) is 50.6 Å². The van der Waals surface area contributed by atoms with Gasteiger partial charge in [-0.05, 0) is 63.7 Å². The molecule has 1 saturated carbocycles. The van der Waals surface area contributed by atoms with Crippen LogP contribution in [-0.2, 0) is 0 Å². The summed E-state index contributed by atoms with van der Waals surface area (Å²) >= 11 is 6.19. The second-order valence-electron chi connectivity index (χ2n) is 9.93. The van der Waals surface area contributed by atoms with Crippen LogP contribution in [0.15, 0.2) is 12.1 Å². The van der Waals surface area contributed by atoms with Gasteiger partial charge in [0.2, 0.25) is 0 Å². The Morgan fingerprint density at radius 3 is 2.58 bits per heavy atom. The van der Waals surface area contributed by atoms with E-state index in [1.807, 2.05) is 0 Å². The Bertz CT molecular complexity index is 982. The Hall–Kier alpha value is -1.70. The van der Waals surface area contributed by atoms with Crippen LogP contribution >= 0.6 is 11.6 Å². The van der Waals surface area contributed by atoms with Gasteiger partial charge in [0, 0.05) is 47.5 Å². The van der Waals surface area contributed by atoms with Crippen molar-refractivity contribution in [1.82, 2.24) is 20.2 Å². The van der Waals surface area contributed by atoms with Crippen molar-refractivity contribution in [3.05, 3.63) is 23.0 Å². The monoisotopic (exact) mass is 445 g/mol. The fraction of sp³-hybridized carbons (Fsp3) is 0.652. The Morgan fingerprint density at radius 1 is 1.13 bits per heavy atom.